The van der Waals surface area contributed by atoms with Gasteiger partial charge in [-0.15, -0.1) is 0 Å². The van der Waals surface area contributed by atoms with E-state index in [1.165, 1.54) is 5.56 Å². The first kappa shape index (κ1) is 15.0. The first-order valence-electron chi connectivity index (χ1n) is 6.72. The third-order valence-corrected chi connectivity index (χ3v) is 2.77. The van der Waals surface area contributed by atoms with Crippen LogP contribution in [0.4, 0.5) is 0 Å². The maximum absolute atomic E-state index is 9.29. The van der Waals surface area contributed by atoms with Crippen molar-refractivity contribution < 1.29 is 9.84 Å². The van der Waals surface area contributed by atoms with Crippen LogP contribution >= 0.6 is 0 Å². The molecule has 1 aromatic rings. The van der Waals surface area contributed by atoms with E-state index in [9.17, 15) is 5.11 Å². The van der Waals surface area contributed by atoms with Crippen molar-refractivity contribution in [1.29, 1.82) is 0 Å². The maximum atomic E-state index is 9.29. The Bertz CT molecular complexity index is 339. The number of hydrogen-bond donors (Lipinski definition) is 2. The summed E-state index contributed by atoms with van der Waals surface area (Å²) in [4.78, 5) is 0. The van der Waals surface area contributed by atoms with Crippen molar-refractivity contribution in [1.82, 2.24) is 5.32 Å². The van der Waals surface area contributed by atoms with Crippen LogP contribution in [0.25, 0.3) is 0 Å². The monoisotopic (exact) mass is 251 g/mol. The van der Waals surface area contributed by atoms with Gasteiger partial charge in [0.15, 0.2) is 0 Å². The highest BCUT2D eigenvalue weighted by Gasteiger charge is 2.05. The maximum Gasteiger partial charge on any atom is 0.119 e. The number of ether oxygens (including phenoxy) is 1. The molecule has 3 nitrogen and oxygen atoms in total. The number of aliphatic hydroxyl groups excluding tert-OH is 1. The van der Waals surface area contributed by atoms with Gasteiger partial charge in [-0.05, 0) is 50.4 Å². The molecule has 1 rings (SSSR count). The molecule has 2 atom stereocenters. The molecule has 102 valence electrons. The van der Waals surface area contributed by atoms with Crippen LogP contribution in [-0.2, 0) is 6.54 Å². The molecular weight excluding hydrogens is 226 g/mol. The molecule has 2 unspecified atom stereocenters. The van der Waals surface area contributed by atoms with Crippen LogP contribution in [0.3, 0.4) is 0 Å². The van der Waals surface area contributed by atoms with Gasteiger partial charge in [0, 0.05) is 6.54 Å². The molecule has 0 aliphatic rings. The molecule has 0 bridgehead atoms. The van der Waals surface area contributed by atoms with Gasteiger partial charge in [-0.3, -0.25) is 0 Å². The minimum Gasteiger partial charge on any atom is -0.494 e. The smallest absolute Gasteiger partial charge is 0.119 e. The summed E-state index contributed by atoms with van der Waals surface area (Å²) in [5, 5.41) is 12.7. The summed E-state index contributed by atoms with van der Waals surface area (Å²) in [6, 6.07) is 8.15. The van der Waals surface area contributed by atoms with Crippen LogP contribution in [0.15, 0.2) is 24.3 Å². The quantitative estimate of drug-likeness (QED) is 0.746. The van der Waals surface area contributed by atoms with E-state index in [0.29, 0.717) is 12.5 Å². The topological polar surface area (TPSA) is 41.5 Å². The van der Waals surface area contributed by atoms with Gasteiger partial charge in [-0.25, -0.2) is 0 Å². The fraction of sp³-hybridized carbons (Fsp3) is 0.600. The van der Waals surface area contributed by atoms with Crippen LogP contribution in [0, 0.1) is 5.92 Å². The highest BCUT2D eigenvalue weighted by atomic mass is 16.5. The molecule has 0 heterocycles. The molecule has 0 aliphatic heterocycles. The van der Waals surface area contributed by atoms with Crippen molar-refractivity contribution in [2.75, 3.05) is 13.2 Å². The van der Waals surface area contributed by atoms with Crippen LogP contribution in [0.2, 0.25) is 0 Å². The molecule has 0 aliphatic carbocycles. The van der Waals surface area contributed by atoms with Gasteiger partial charge in [-0.1, -0.05) is 19.1 Å². The second kappa shape index (κ2) is 8.11. The van der Waals surface area contributed by atoms with Gasteiger partial charge in [0.25, 0.3) is 0 Å². The Labute approximate surface area is 110 Å². The van der Waals surface area contributed by atoms with Crippen LogP contribution < -0.4 is 10.1 Å². The first-order chi connectivity index (χ1) is 8.61. The summed E-state index contributed by atoms with van der Waals surface area (Å²) >= 11 is 0. The van der Waals surface area contributed by atoms with Crippen molar-refractivity contribution in [3.63, 3.8) is 0 Å². The third kappa shape index (κ3) is 6.03. The van der Waals surface area contributed by atoms with Crippen molar-refractivity contribution >= 4 is 0 Å². The summed E-state index contributed by atoms with van der Waals surface area (Å²) < 4.78 is 5.47. The van der Waals surface area contributed by atoms with E-state index in [1.807, 2.05) is 26.0 Å². The normalized spacial score (nSPS) is 14.2. The Balaban J connectivity index is 2.32. The second-order valence-corrected chi connectivity index (χ2v) is 4.90. The van der Waals surface area contributed by atoms with Crippen molar-refractivity contribution in [3.05, 3.63) is 29.8 Å². The predicted octanol–water partition coefficient (Wildman–Crippen LogP) is 2.58. The largest absolute Gasteiger partial charge is 0.494 e. The summed E-state index contributed by atoms with van der Waals surface area (Å²) in [6.07, 6.45) is 0.620. The molecule has 0 saturated heterocycles. The van der Waals surface area contributed by atoms with Gasteiger partial charge in [0.2, 0.25) is 0 Å². The van der Waals surface area contributed by atoms with E-state index in [4.69, 9.17) is 4.74 Å². The minimum absolute atomic E-state index is 0.219. The van der Waals surface area contributed by atoms with E-state index in [-0.39, 0.29) is 6.10 Å². The SMILES string of the molecule is CCOc1cccc(CNCC(C)CC(C)O)c1. The van der Waals surface area contributed by atoms with E-state index in [1.54, 1.807) is 0 Å². The number of nitrogens with one attached hydrogen (secondary N) is 1. The molecule has 18 heavy (non-hydrogen) atoms. The van der Waals surface area contributed by atoms with Crippen LogP contribution in [0.1, 0.15) is 32.8 Å². The zero-order chi connectivity index (χ0) is 13.4. The molecule has 3 heteroatoms. The summed E-state index contributed by atoms with van der Waals surface area (Å²) in [7, 11) is 0. The Morgan fingerprint density at radius 1 is 1.33 bits per heavy atom. The van der Waals surface area contributed by atoms with Crippen molar-refractivity contribution in [2.45, 2.75) is 39.8 Å². The Morgan fingerprint density at radius 3 is 2.78 bits per heavy atom. The van der Waals surface area contributed by atoms with E-state index >= 15 is 0 Å². The van der Waals surface area contributed by atoms with Crippen molar-refractivity contribution in [2.24, 2.45) is 5.92 Å². The lowest BCUT2D eigenvalue weighted by Gasteiger charge is -2.14. The minimum atomic E-state index is -0.219. The lowest BCUT2D eigenvalue weighted by atomic mass is 10.0. The molecule has 0 aromatic heterocycles. The van der Waals surface area contributed by atoms with Gasteiger partial charge in [0.1, 0.15) is 5.75 Å². The zero-order valence-electron chi connectivity index (χ0n) is 11.6. The highest BCUT2D eigenvalue weighted by molar-refractivity contribution is 5.28. The molecule has 0 radical (unpaired) electrons. The number of rotatable bonds is 8. The number of aliphatic hydroxyl groups is 1. The molecule has 1 aromatic carbocycles. The summed E-state index contributed by atoms with van der Waals surface area (Å²) in [5.41, 5.74) is 1.23. The van der Waals surface area contributed by atoms with Gasteiger partial charge < -0.3 is 15.2 Å². The van der Waals surface area contributed by atoms with Crippen LogP contribution in [0.5, 0.6) is 5.75 Å². The highest BCUT2D eigenvalue weighted by Crippen LogP contribution is 2.13. The standard InChI is InChI=1S/C15H25NO2/c1-4-18-15-7-5-6-14(9-15)11-16-10-12(2)8-13(3)17/h5-7,9,12-13,16-17H,4,8,10-11H2,1-3H3. The Morgan fingerprint density at radius 2 is 2.11 bits per heavy atom. The molecule has 0 amide bonds. The van der Waals surface area contributed by atoms with E-state index < -0.39 is 0 Å². The van der Waals surface area contributed by atoms with Gasteiger partial charge >= 0.3 is 0 Å². The van der Waals surface area contributed by atoms with E-state index in [2.05, 4.69) is 24.4 Å². The lowest BCUT2D eigenvalue weighted by molar-refractivity contribution is 0.163. The van der Waals surface area contributed by atoms with Crippen LogP contribution in [-0.4, -0.2) is 24.4 Å². The molecule has 2 N–H and O–H groups in total. The molecule has 0 saturated carbocycles. The third-order valence-electron chi connectivity index (χ3n) is 2.77. The fourth-order valence-electron chi connectivity index (χ4n) is 2.04. The van der Waals surface area contributed by atoms with Gasteiger partial charge in [-0.2, -0.15) is 0 Å². The Hall–Kier alpha value is -1.06. The average molecular weight is 251 g/mol. The molecule has 0 spiro atoms. The zero-order valence-corrected chi connectivity index (χ0v) is 11.6. The fourth-order valence-corrected chi connectivity index (χ4v) is 2.04. The number of hydrogen-bond acceptors (Lipinski definition) is 3. The first-order valence-corrected chi connectivity index (χ1v) is 6.72. The summed E-state index contributed by atoms with van der Waals surface area (Å²) in [5.74, 6) is 1.41. The summed E-state index contributed by atoms with van der Waals surface area (Å²) in [6.45, 7) is 8.43. The second-order valence-electron chi connectivity index (χ2n) is 4.90. The van der Waals surface area contributed by atoms with E-state index in [0.717, 1.165) is 25.3 Å². The van der Waals surface area contributed by atoms with Crippen molar-refractivity contribution in [3.8, 4) is 5.75 Å². The lowest BCUT2D eigenvalue weighted by Crippen LogP contribution is -2.23. The molecular formula is C15H25NO2. The molecule has 0 fully saturated rings. The van der Waals surface area contributed by atoms with Gasteiger partial charge in [0.05, 0.1) is 12.7 Å². The Kier molecular flexibility index (Phi) is 6.76. The average Bonchev–Trinajstić information content (AvgIpc) is 2.29. The number of benzene rings is 1. The predicted molar refractivity (Wildman–Crippen MR) is 74.8 cm³/mol.